The Morgan fingerprint density at radius 2 is 1.20 bits per heavy atom. The minimum absolute atomic E-state index is 0.450. The second kappa shape index (κ2) is 6.35. The summed E-state index contributed by atoms with van der Waals surface area (Å²) in [6, 6.07) is 33.5. The second-order valence-electron chi connectivity index (χ2n) is 4.97. The Kier molecular flexibility index (Phi) is 4.09. The first-order valence-corrected chi connectivity index (χ1v) is 8.51. The van der Waals surface area contributed by atoms with Crippen molar-refractivity contribution in [2.75, 3.05) is 0 Å². The van der Waals surface area contributed by atoms with Crippen LogP contribution >= 0.6 is 0 Å². The van der Waals surface area contributed by atoms with Crippen molar-refractivity contribution < 1.29 is 0 Å². The molecule has 0 spiro atoms. The topological polar surface area (TPSA) is 0 Å². The Balaban J connectivity index is 1.96. The molecule has 97 valence electrons. The summed E-state index contributed by atoms with van der Waals surface area (Å²) < 4.78 is 0. The standard InChI is InChI=1S/C19H17Si/c1-4-10-16(11-5-1)19(17-12-6-2-7-13-17)20-18-14-8-3-9-15-18/h1-14,19H,20H2. The summed E-state index contributed by atoms with van der Waals surface area (Å²) in [5.74, 6) is 0. The first kappa shape index (κ1) is 12.9. The van der Waals surface area contributed by atoms with Crippen LogP contribution < -0.4 is 5.19 Å². The van der Waals surface area contributed by atoms with Gasteiger partial charge in [-0.1, -0.05) is 90.1 Å². The molecule has 0 aliphatic carbocycles. The summed E-state index contributed by atoms with van der Waals surface area (Å²) >= 11 is 0. The largest absolute Gasteiger partial charge is 0.0687 e. The molecule has 3 aromatic carbocycles. The Morgan fingerprint density at radius 3 is 1.70 bits per heavy atom. The molecule has 0 aliphatic rings. The van der Waals surface area contributed by atoms with Crippen LogP contribution in [-0.2, 0) is 0 Å². The van der Waals surface area contributed by atoms with Gasteiger partial charge in [0.05, 0.1) is 9.52 Å². The van der Waals surface area contributed by atoms with Gasteiger partial charge >= 0.3 is 0 Å². The maximum absolute atomic E-state index is 3.40. The molecule has 0 saturated carbocycles. The van der Waals surface area contributed by atoms with E-state index in [1.165, 1.54) is 16.3 Å². The minimum atomic E-state index is -0.450. The molecule has 0 bridgehead atoms. The lowest BCUT2D eigenvalue weighted by Gasteiger charge is -2.17. The first-order chi connectivity index (χ1) is 9.93. The van der Waals surface area contributed by atoms with E-state index in [4.69, 9.17) is 0 Å². The molecule has 0 heterocycles. The lowest BCUT2D eigenvalue weighted by Crippen LogP contribution is -2.23. The molecular weight excluding hydrogens is 256 g/mol. The van der Waals surface area contributed by atoms with E-state index in [1.807, 2.05) is 12.1 Å². The van der Waals surface area contributed by atoms with E-state index >= 15 is 0 Å². The third-order valence-electron chi connectivity index (χ3n) is 3.60. The fourth-order valence-electron chi connectivity index (χ4n) is 2.58. The summed E-state index contributed by atoms with van der Waals surface area (Å²) in [5.41, 5.74) is 3.36. The Morgan fingerprint density at radius 1 is 0.650 bits per heavy atom. The van der Waals surface area contributed by atoms with Crippen molar-refractivity contribution in [2.45, 2.75) is 5.54 Å². The Labute approximate surface area is 122 Å². The number of hydrogen-bond donors (Lipinski definition) is 0. The summed E-state index contributed by atoms with van der Waals surface area (Å²) in [4.78, 5) is 0. The van der Waals surface area contributed by atoms with Crippen LogP contribution in [0.15, 0.2) is 84.9 Å². The number of benzene rings is 3. The van der Waals surface area contributed by atoms with Crippen molar-refractivity contribution in [1.29, 1.82) is 0 Å². The lowest BCUT2D eigenvalue weighted by molar-refractivity contribution is 1.13. The second-order valence-corrected chi connectivity index (χ2v) is 6.95. The molecule has 0 fully saturated rings. The summed E-state index contributed by atoms with van der Waals surface area (Å²) in [5, 5.41) is 1.39. The van der Waals surface area contributed by atoms with Gasteiger partial charge in [-0.2, -0.15) is 0 Å². The number of hydrogen-bond acceptors (Lipinski definition) is 0. The van der Waals surface area contributed by atoms with Crippen molar-refractivity contribution in [1.82, 2.24) is 0 Å². The van der Waals surface area contributed by atoms with Crippen molar-refractivity contribution in [3.63, 3.8) is 0 Å². The monoisotopic (exact) mass is 273 g/mol. The van der Waals surface area contributed by atoms with E-state index in [1.54, 1.807) is 0 Å². The SMILES string of the molecule is [c]1ccccc1[SiH2]C(c1ccccc1)c1ccccc1. The van der Waals surface area contributed by atoms with Crippen LogP contribution in [0.3, 0.4) is 0 Å². The molecule has 1 heteroatoms. The Hall–Kier alpha value is -2.12. The maximum Gasteiger partial charge on any atom is 0.0687 e. The van der Waals surface area contributed by atoms with Crippen LogP contribution in [0.4, 0.5) is 0 Å². The Bertz CT molecular complexity index is 593. The minimum Gasteiger partial charge on any atom is -0.0630 e. The zero-order chi connectivity index (χ0) is 13.6. The molecule has 0 saturated heterocycles. The fourth-order valence-corrected chi connectivity index (χ4v) is 4.54. The molecule has 3 aromatic rings. The molecule has 20 heavy (non-hydrogen) atoms. The highest BCUT2D eigenvalue weighted by Gasteiger charge is 2.14. The molecule has 3 rings (SSSR count). The highest BCUT2D eigenvalue weighted by atomic mass is 28.2. The molecule has 0 aromatic heterocycles. The molecule has 0 N–H and O–H groups in total. The van der Waals surface area contributed by atoms with Crippen LogP contribution in [0.5, 0.6) is 0 Å². The predicted molar refractivity (Wildman–Crippen MR) is 88.2 cm³/mol. The van der Waals surface area contributed by atoms with E-state index in [2.05, 4.69) is 78.9 Å². The zero-order valence-electron chi connectivity index (χ0n) is 11.4. The fraction of sp³-hybridized carbons (Fsp3) is 0.0526. The van der Waals surface area contributed by atoms with Gasteiger partial charge in [-0.25, -0.2) is 0 Å². The van der Waals surface area contributed by atoms with Gasteiger partial charge in [-0.05, 0) is 17.2 Å². The maximum atomic E-state index is 3.40. The van der Waals surface area contributed by atoms with Crippen LogP contribution in [0.25, 0.3) is 0 Å². The van der Waals surface area contributed by atoms with Crippen molar-refractivity contribution in [3.05, 3.63) is 102 Å². The highest BCUT2D eigenvalue weighted by molar-refractivity contribution is 6.55. The van der Waals surface area contributed by atoms with E-state index < -0.39 is 9.52 Å². The smallest absolute Gasteiger partial charge is 0.0630 e. The molecule has 0 atom stereocenters. The van der Waals surface area contributed by atoms with Gasteiger partial charge in [0.2, 0.25) is 0 Å². The molecule has 0 unspecified atom stereocenters. The highest BCUT2D eigenvalue weighted by Crippen LogP contribution is 2.23. The van der Waals surface area contributed by atoms with Crippen LogP contribution in [0, 0.1) is 6.07 Å². The number of rotatable bonds is 4. The quantitative estimate of drug-likeness (QED) is 0.641. The van der Waals surface area contributed by atoms with E-state index in [-0.39, 0.29) is 0 Å². The molecule has 0 aliphatic heterocycles. The van der Waals surface area contributed by atoms with Gasteiger partial charge in [0.1, 0.15) is 0 Å². The van der Waals surface area contributed by atoms with Gasteiger partial charge < -0.3 is 0 Å². The molecule has 0 amide bonds. The van der Waals surface area contributed by atoms with Crippen molar-refractivity contribution in [3.8, 4) is 0 Å². The molecule has 0 nitrogen and oxygen atoms in total. The van der Waals surface area contributed by atoms with Gasteiger partial charge in [0.25, 0.3) is 0 Å². The summed E-state index contributed by atoms with van der Waals surface area (Å²) in [6.45, 7) is 0. The predicted octanol–water partition coefficient (Wildman–Crippen LogP) is 3.07. The molecule has 1 radical (unpaired) electrons. The summed E-state index contributed by atoms with van der Waals surface area (Å²) in [7, 11) is -0.450. The van der Waals surface area contributed by atoms with Crippen molar-refractivity contribution in [2.24, 2.45) is 0 Å². The molecular formula is C19H17Si. The van der Waals surface area contributed by atoms with E-state index in [9.17, 15) is 0 Å². The van der Waals surface area contributed by atoms with E-state index in [0.717, 1.165) is 0 Å². The van der Waals surface area contributed by atoms with E-state index in [0.29, 0.717) is 5.54 Å². The van der Waals surface area contributed by atoms with Gasteiger partial charge in [-0.3, -0.25) is 0 Å². The zero-order valence-corrected chi connectivity index (χ0v) is 12.8. The van der Waals surface area contributed by atoms with Crippen LogP contribution in [-0.4, -0.2) is 9.52 Å². The summed E-state index contributed by atoms with van der Waals surface area (Å²) in [6.07, 6.45) is 0. The third-order valence-corrected chi connectivity index (χ3v) is 5.83. The van der Waals surface area contributed by atoms with Crippen LogP contribution in [0.1, 0.15) is 16.7 Å². The van der Waals surface area contributed by atoms with Gasteiger partial charge in [0, 0.05) is 5.54 Å². The van der Waals surface area contributed by atoms with Gasteiger partial charge in [0.15, 0.2) is 0 Å². The van der Waals surface area contributed by atoms with Crippen molar-refractivity contribution >= 4 is 14.7 Å². The third kappa shape index (κ3) is 3.06. The average molecular weight is 273 g/mol. The van der Waals surface area contributed by atoms with Crippen LogP contribution in [0.2, 0.25) is 0 Å². The lowest BCUT2D eigenvalue weighted by atomic mass is 10.0. The van der Waals surface area contributed by atoms with Gasteiger partial charge in [-0.15, -0.1) is 0 Å². The average Bonchev–Trinajstić information content (AvgIpc) is 2.55. The normalized spacial score (nSPS) is 11.2. The first-order valence-electron chi connectivity index (χ1n) is 6.99.